The highest BCUT2D eigenvalue weighted by Crippen LogP contribution is 2.37. The molecule has 23 heavy (non-hydrogen) atoms. The van der Waals surface area contributed by atoms with Crippen molar-refractivity contribution >= 4 is 34.8 Å². The summed E-state index contributed by atoms with van der Waals surface area (Å²) in [7, 11) is 0. The van der Waals surface area contributed by atoms with Crippen molar-refractivity contribution in [2.45, 2.75) is 54.1 Å². The highest BCUT2D eigenvalue weighted by atomic mass is 35.5. The van der Waals surface area contributed by atoms with Crippen LogP contribution in [0.1, 0.15) is 0 Å². The highest BCUT2D eigenvalue weighted by Gasteiger charge is 2.58. The second-order valence-electron chi connectivity index (χ2n) is 5.46. The van der Waals surface area contributed by atoms with Gasteiger partial charge in [-0.2, -0.15) is 0 Å². The average molecular weight is 398 g/mol. The van der Waals surface area contributed by atoms with Gasteiger partial charge in [-0.05, 0) is 0 Å². The van der Waals surface area contributed by atoms with Gasteiger partial charge < -0.3 is 39.7 Å². The van der Waals surface area contributed by atoms with Gasteiger partial charge in [-0.1, -0.05) is 0 Å². The summed E-state index contributed by atoms with van der Waals surface area (Å²) in [5.41, 5.74) is 0. The van der Waals surface area contributed by atoms with Crippen molar-refractivity contribution in [3.63, 3.8) is 0 Å². The van der Waals surface area contributed by atoms with Crippen molar-refractivity contribution in [2.24, 2.45) is 0 Å². The van der Waals surface area contributed by atoms with Crippen LogP contribution >= 0.6 is 34.8 Å². The van der Waals surface area contributed by atoms with Crippen LogP contribution in [0.2, 0.25) is 0 Å². The molecular formula is C12H19Cl3O8. The molecule has 8 nitrogen and oxygen atoms in total. The van der Waals surface area contributed by atoms with E-state index in [1.165, 1.54) is 0 Å². The van der Waals surface area contributed by atoms with Crippen LogP contribution in [0.4, 0.5) is 0 Å². The van der Waals surface area contributed by atoms with Crippen LogP contribution in [0.3, 0.4) is 0 Å². The molecule has 2 heterocycles. The van der Waals surface area contributed by atoms with Crippen LogP contribution in [-0.4, -0.2) is 98.0 Å². The fourth-order valence-electron chi connectivity index (χ4n) is 2.56. The van der Waals surface area contributed by atoms with Crippen molar-refractivity contribution < 1.29 is 39.7 Å². The van der Waals surface area contributed by atoms with Crippen molar-refractivity contribution in [1.29, 1.82) is 0 Å². The fraction of sp³-hybridized carbons (Fsp3) is 1.00. The van der Waals surface area contributed by atoms with Gasteiger partial charge in [-0.25, -0.2) is 0 Å². The third kappa shape index (κ3) is 3.58. The van der Waals surface area contributed by atoms with Crippen molar-refractivity contribution in [3.8, 4) is 0 Å². The normalized spacial score (nSPS) is 51.1. The van der Waals surface area contributed by atoms with E-state index < -0.39 is 66.6 Å². The monoisotopic (exact) mass is 396 g/mol. The molecule has 0 amide bonds. The number of hydrogen-bond donors (Lipinski definition) is 5. The zero-order valence-corrected chi connectivity index (χ0v) is 14.1. The summed E-state index contributed by atoms with van der Waals surface area (Å²) in [5, 5.41) is 48.1. The maximum absolute atomic E-state index is 10.1. The smallest absolute Gasteiger partial charge is 0.214 e. The van der Waals surface area contributed by atoms with Gasteiger partial charge in [0.1, 0.15) is 36.6 Å². The molecule has 0 unspecified atom stereocenters. The predicted octanol–water partition coefficient (Wildman–Crippen LogP) is -1.66. The summed E-state index contributed by atoms with van der Waals surface area (Å²) in [6, 6.07) is 0. The maximum atomic E-state index is 10.1. The molecule has 2 fully saturated rings. The summed E-state index contributed by atoms with van der Waals surface area (Å²) < 4.78 is 16.1. The standard InChI is InChI=1S/C12H19Cl3O8/c13-1-4-7(17)10(20)12(3-14,22-4)23-11-9(19)8(18)6(15)5(2-16)21-11/h4-11,16-20H,1-3H2/t4-,5+,6-,7-,8-,9+,10+,11+,12+/m0/s1. The lowest BCUT2D eigenvalue weighted by Crippen LogP contribution is -2.61. The van der Waals surface area contributed by atoms with Gasteiger partial charge in [-0.3, -0.25) is 0 Å². The Hall–Kier alpha value is 0.550. The van der Waals surface area contributed by atoms with Crippen LogP contribution < -0.4 is 0 Å². The SMILES string of the molecule is OC[C@H]1O[C@H](O[C@@]2(CCl)O[C@@H](CCl)[C@H](O)[C@H]2O)[C@H](O)[C@@H](O)[C@H]1Cl. The molecular weight excluding hydrogens is 378 g/mol. The molecule has 136 valence electrons. The van der Waals surface area contributed by atoms with E-state index in [4.69, 9.17) is 49.0 Å². The van der Waals surface area contributed by atoms with E-state index >= 15 is 0 Å². The van der Waals surface area contributed by atoms with Crippen LogP contribution in [0.15, 0.2) is 0 Å². The number of aliphatic hydroxyl groups is 5. The molecule has 9 atom stereocenters. The lowest BCUT2D eigenvalue weighted by Gasteiger charge is -2.43. The number of rotatable bonds is 5. The first kappa shape index (κ1) is 19.9. The Kier molecular flexibility index (Phi) is 6.77. The van der Waals surface area contributed by atoms with Crippen LogP contribution in [0.25, 0.3) is 0 Å². The Bertz CT molecular complexity index is 403. The number of aliphatic hydroxyl groups excluding tert-OH is 5. The van der Waals surface area contributed by atoms with E-state index in [1.807, 2.05) is 0 Å². The van der Waals surface area contributed by atoms with Gasteiger partial charge in [0.25, 0.3) is 0 Å². The Balaban J connectivity index is 2.18. The minimum atomic E-state index is -1.90. The predicted molar refractivity (Wildman–Crippen MR) is 79.5 cm³/mol. The summed E-state index contributed by atoms with van der Waals surface area (Å²) in [6.07, 6.45) is -9.39. The summed E-state index contributed by atoms with van der Waals surface area (Å²) in [6.45, 7) is -0.526. The summed E-state index contributed by atoms with van der Waals surface area (Å²) in [4.78, 5) is 0. The van der Waals surface area contributed by atoms with Crippen LogP contribution in [0, 0.1) is 0 Å². The minimum Gasteiger partial charge on any atom is -0.394 e. The lowest BCUT2D eigenvalue weighted by molar-refractivity contribution is -0.357. The number of ether oxygens (including phenoxy) is 3. The fourth-order valence-corrected chi connectivity index (χ4v) is 3.37. The quantitative estimate of drug-likeness (QED) is 0.349. The van der Waals surface area contributed by atoms with Gasteiger partial charge in [0.05, 0.1) is 23.7 Å². The first-order chi connectivity index (χ1) is 10.8. The highest BCUT2D eigenvalue weighted by molar-refractivity contribution is 6.21. The zero-order valence-electron chi connectivity index (χ0n) is 11.8. The maximum Gasteiger partial charge on any atom is 0.214 e. The zero-order chi connectivity index (χ0) is 17.4. The molecule has 0 aromatic carbocycles. The largest absolute Gasteiger partial charge is 0.394 e. The Morgan fingerprint density at radius 2 is 1.65 bits per heavy atom. The third-order valence-corrected chi connectivity index (χ3v) is 5.17. The molecule has 0 aromatic rings. The number of hydrogen-bond acceptors (Lipinski definition) is 8. The summed E-state index contributed by atoms with van der Waals surface area (Å²) in [5.74, 6) is -2.43. The molecule has 0 aromatic heterocycles. The molecule has 5 N–H and O–H groups in total. The number of alkyl halides is 3. The van der Waals surface area contributed by atoms with E-state index in [1.54, 1.807) is 0 Å². The molecule has 0 aliphatic carbocycles. The molecule has 11 heteroatoms. The van der Waals surface area contributed by atoms with E-state index in [0.29, 0.717) is 0 Å². The van der Waals surface area contributed by atoms with E-state index in [9.17, 15) is 25.5 Å². The van der Waals surface area contributed by atoms with E-state index in [-0.39, 0.29) is 5.88 Å². The molecule has 0 radical (unpaired) electrons. The van der Waals surface area contributed by atoms with Gasteiger partial charge >= 0.3 is 0 Å². The third-order valence-electron chi connectivity index (χ3n) is 3.96. The van der Waals surface area contributed by atoms with Crippen LogP contribution in [-0.2, 0) is 14.2 Å². The molecule has 2 aliphatic heterocycles. The molecule has 2 rings (SSSR count). The van der Waals surface area contributed by atoms with Crippen molar-refractivity contribution in [1.82, 2.24) is 0 Å². The van der Waals surface area contributed by atoms with E-state index in [2.05, 4.69) is 0 Å². The molecule has 0 saturated carbocycles. The van der Waals surface area contributed by atoms with Gasteiger partial charge in [0.15, 0.2) is 6.29 Å². The van der Waals surface area contributed by atoms with E-state index in [0.717, 1.165) is 0 Å². The van der Waals surface area contributed by atoms with Gasteiger partial charge in [0.2, 0.25) is 5.79 Å². The summed E-state index contributed by atoms with van der Waals surface area (Å²) >= 11 is 17.3. The van der Waals surface area contributed by atoms with Gasteiger partial charge in [-0.15, -0.1) is 34.8 Å². The topological polar surface area (TPSA) is 129 Å². The average Bonchev–Trinajstić information content (AvgIpc) is 2.80. The number of halogens is 3. The first-order valence-corrected chi connectivity index (χ1v) is 8.42. The molecule has 2 aliphatic rings. The second kappa shape index (κ2) is 7.84. The molecule has 2 saturated heterocycles. The van der Waals surface area contributed by atoms with Crippen molar-refractivity contribution in [3.05, 3.63) is 0 Å². The first-order valence-electron chi connectivity index (χ1n) is 6.91. The van der Waals surface area contributed by atoms with Gasteiger partial charge in [0, 0.05) is 0 Å². The Morgan fingerprint density at radius 3 is 2.13 bits per heavy atom. The second-order valence-corrected chi connectivity index (χ2v) is 6.54. The minimum absolute atomic E-state index is 0.125. The van der Waals surface area contributed by atoms with Crippen molar-refractivity contribution in [2.75, 3.05) is 18.4 Å². The Labute approximate surface area is 147 Å². The molecule has 0 spiro atoms. The Morgan fingerprint density at radius 1 is 1.00 bits per heavy atom. The lowest BCUT2D eigenvalue weighted by atomic mass is 10.0. The molecule has 0 bridgehead atoms. The van der Waals surface area contributed by atoms with Crippen LogP contribution in [0.5, 0.6) is 0 Å².